The van der Waals surface area contributed by atoms with E-state index in [1.165, 1.54) is 0 Å². The van der Waals surface area contributed by atoms with E-state index >= 15 is 0 Å². The molecule has 1 amide bonds. The van der Waals surface area contributed by atoms with Crippen LogP contribution in [0.25, 0.3) is 0 Å². The van der Waals surface area contributed by atoms with Crippen molar-refractivity contribution in [3.8, 4) is 6.07 Å². The molecular formula is C15H21N3O. The molecule has 0 aliphatic heterocycles. The summed E-state index contributed by atoms with van der Waals surface area (Å²) in [6, 6.07) is 11.0. The van der Waals surface area contributed by atoms with Gasteiger partial charge in [-0.2, -0.15) is 5.26 Å². The number of hydrogen-bond acceptors (Lipinski definition) is 3. The first-order chi connectivity index (χ1) is 9.20. The smallest absolute Gasteiger partial charge is 0.243 e. The van der Waals surface area contributed by atoms with Gasteiger partial charge in [0.2, 0.25) is 5.91 Å². The fourth-order valence-electron chi connectivity index (χ4n) is 1.88. The summed E-state index contributed by atoms with van der Waals surface area (Å²) in [5.74, 6) is -0.102. The molecule has 0 spiro atoms. The lowest BCUT2D eigenvalue weighted by molar-refractivity contribution is -0.120. The van der Waals surface area contributed by atoms with Crippen LogP contribution in [0, 0.1) is 11.3 Å². The largest absolute Gasteiger partial charge is 0.320 e. The summed E-state index contributed by atoms with van der Waals surface area (Å²) in [7, 11) is 0. The van der Waals surface area contributed by atoms with Crippen LogP contribution in [0.4, 0.5) is 5.69 Å². The average molecular weight is 259 g/mol. The Morgan fingerprint density at radius 2 is 2.11 bits per heavy atom. The fraction of sp³-hybridized carbons (Fsp3) is 0.467. The van der Waals surface area contributed by atoms with Gasteiger partial charge in [-0.15, -0.1) is 0 Å². The first kappa shape index (κ1) is 15.2. The van der Waals surface area contributed by atoms with Gasteiger partial charge in [-0.3, -0.25) is 4.79 Å². The number of unbranched alkanes of at least 4 members (excludes halogenated alkanes) is 1. The van der Waals surface area contributed by atoms with Crippen molar-refractivity contribution in [2.75, 3.05) is 11.4 Å². The second-order valence-corrected chi connectivity index (χ2v) is 4.48. The molecule has 0 aliphatic carbocycles. The Morgan fingerprint density at radius 1 is 1.42 bits per heavy atom. The first-order valence-electron chi connectivity index (χ1n) is 6.69. The van der Waals surface area contributed by atoms with E-state index in [2.05, 4.69) is 13.0 Å². The van der Waals surface area contributed by atoms with Crippen LogP contribution in [0.2, 0.25) is 0 Å². The maximum Gasteiger partial charge on any atom is 0.243 e. The van der Waals surface area contributed by atoms with Gasteiger partial charge in [0.05, 0.1) is 18.5 Å². The molecule has 1 rings (SSSR count). The number of benzene rings is 1. The highest BCUT2D eigenvalue weighted by Gasteiger charge is 2.21. The second kappa shape index (κ2) is 8.28. The van der Waals surface area contributed by atoms with Gasteiger partial charge in [0.25, 0.3) is 0 Å². The maximum atomic E-state index is 12.3. The number of amides is 1. The normalized spacial score (nSPS) is 11.6. The monoisotopic (exact) mass is 259 g/mol. The van der Waals surface area contributed by atoms with Crippen molar-refractivity contribution in [3.63, 3.8) is 0 Å². The maximum absolute atomic E-state index is 12.3. The Morgan fingerprint density at radius 3 is 2.68 bits per heavy atom. The molecule has 2 N–H and O–H groups in total. The van der Waals surface area contributed by atoms with Crippen molar-refractivity contribution < 1.29 is 4.79 Å². The summed E-state index contributed by atoms with van der Waals surface area (Å²) < 4.78 is 0. The van der Waals surface area contributed by atoms with Crippen molar-refractivity contribution in [2.45, 2.75) is 38.6 Å². The lowest BCUT2D eigenvalue weighted by Gasteiger charge is -2.25. The lowest BCUT2D eigenvalue weighted by Crippen LogP contribution is -2.44. The summed E-state index contributed by atoms with van der Waals surface area (Å²) in [6.07, 6.45) is 2.95. The quantitative estimate of drug-likeness (QED) is 0.817. The number of nitrogens with two attached hydrogens (primary N) is 1. The summed E-state index contributed by atoms with van der Waals surface area (Å²) in [6.45, 7) is 2.46. The third kappa shape index (κ3) is 4.72. The van der Waals surface area contributed by atoms with Crippen LogP contribution in [0.3, 0.4) is 0 Å². The summed E-state index contributed by atoms with van der Waals surface area (Å²) in [4.78, 5) is 14.0. The number of rotatable bonds is 7. The summed E-state index contributed by atoms with van der Waals surface area (Å²) in [5, 5.41) is 8.70. The van der Waals surface area contributed by atoms with Crippen LogP contribution < -0.4 is 10.6 Å². The van der Waals surface area contributed by atoms with Crippen LogP contribution in [-0.4, -0.2) is 18.5 Å². The first-order valence-corrected chi connectivity index (χ1v) is 6.69. The summed E-state index contributed by atoms with van der Waals surface area (Å²) in [5.41, 5.74) is 6.74. The van der Waals surface area contributed by atoms with Gasteiger partial charge in [-0.05, 0) is 18.6 Å². The molecule has 1 aromatic carbocycles. The molecule has 19 heavy (non-hydrogen) atoms. The zero-order valence-corrected chi connectivity index (χ0v) is 11.4. The van der Waals surface area contributed by atoms with E-state index in [0.717, 1.165) is 18.5 Å². The van der Waals surface area contributed by atoms with Crippen molar-refractivity contribution >= 4 is 11.6 Å². The Labute approximate surface area is 114 Å². The molecule has 1 aromatic rings. The number of nitrogens with zero attached hydrogens (tertiary/aromatic N) is 2. The van der Waals surface area contributed by atoms with Crippen molar-refractivity contribution in [1.29, 1.82) is 5.26 Å². The lowest BCUT2D eigenvalue weighted by atomic mass is 10.1. The van der Waals surface area contributed by atoms with Crippen LogP contribution >= 0.6 is 0 Å². The van der Waals surface area contributed by atoms with Gasteiger partial charge in [0, 0.05) is 12.2 Å². The average Bonchev–Trinajstić information content (AvgIpc) is 2.46. The third-order valence-corrected chi connectivity index (χ3v) is 2.97. The molecule has 4 nitrogen and oxygen atoms in total. The zero-order chi connectivity index (χ0) is 14.1. The van der Waals surface area contributed by atoms with Crippen LogP contribution in [0.1, 0.15) is 32.6 Å². The highest BCUT2D eigenvalue weighted by atomic mass is 16.2. The molecular weight excluding hydrogens is 238 g/mol. The molecule has 4 heteroatoms. The van der Waals surface area contributed by atoms with Crippen LogP contribution in [0.15, 0.2) is 30.3 Å². The molecule has 1 atom stereocenters. The Kier molecular flexibility index (Phi) is 6.62. The predicted octanol–water partition coefficient (Wildman–Crippen LogP) is 2.45. The van der Waals surface area contributed by atoms with E-state index < -0.39 is 6.04 Å². The fourth-order valence-corrected chi connectivity index (χ4v) is 1.88. The molecule has 0 fully saturated rings. The zero-order valence-electron chi connectivity index (χ0n) is 11.4. The molecule has 0 radical (unpaired) electrons. The molecule has 0 heterocycles. The predicted molar refractivity (Wildman–Crippen MR) is 76.5 cm³/mol. The molecule has 0 saturated carbocycles. The minimum Gasteiger partial charge on any atom is -0.320 e. The third-order valence-electron chi connectivity index (χ3n) is 2.97. The van der Waals surface area contributed by atoms with Crippen molar-refractivity contribution in [3.05, 3.63) is 30.3 Å². The van der Waals surface area contributed by atoms with E-state index in [-0.39, 0.29) is 5.91 Å². The van der Waals surface area contributed by atoms with Crippen LogP contribution in [-0.2, 0) is 4.79 Å². The standard InChI is InChI=1S/C15H21N3O/c1-2-3-10-14(17)15(19)18(12-7-11-16)13-8-5-4-6-9-13/h4-6,8-9,14H,2-3,7,10,12,17H2,1H3. The van der Waals surface area contributed by atoms with Gasteiger partial charge in [-0.1, -0.05) is 38.0 Å². The highest BCUT2D eigenvalue weighted by Crippen LogP contribution is 2.16. The molecule has 0 saturated heterocycles. The van der Waals surface area contributed by atoms with Gasteiger partial charge in [0.1, 0.15) is 0 Å². The van der Waals surface area contributed by atoms with E-state index in [9.17, 15) is 4.79 Å². The van der Waals surface area contributed by atoms with Gasteiger partial charge >= 0.3 is 0 Å². The van der Waals surface area contributed by atoms with E-state index in [0.29, 0.717) is 19.4 Å². The molecule has 1 unspecified atom stereocenters. The molecule has 102 valence electrons. The molecule has 0 bridgehead atoms. The van der Waals surface area contributed by atoms with Crippen LogP contribution in [0.5, 0.6) is 0 Å². The SMILES string of the molecule is CCCCC(N)C(=O)N(CCC#N)c1ccccc1. The minimum atomic E-state index is -0.487. The topological polar surface area (TPSA) is 70.1 Å². The number of carbonyl (C=O) groups is 1. The number of nitriles is 1. The Hall–Kier alpha value is -1.86. The number of carbonyl (C=O) groups excluding carboxylic acids is 1. The Balaban J connectivity index is 2.79. The molecule has 0 aliphatic rings. The highest BCUT2D eigenvalue weighted by molar-refractivity contribution is 5.97. The van der Waals surface area contributed by atoms with E-state index in [1.807, 2.05) is 30.3 Å². The van der Waals surface area contributed by atoms with Gasteiger partial charge < -0.3 is 10.6 Å². The number of anilines is 1. The number of hydrogen-bond donors (Lipinski definition) is 1. The minimum absolute atomic E-state index is 0.102. The van der Waals surface area contributed by atoms with E-state index in [4.69, 9.17) is 11.0 Å². The van der Waals surface area contributed by atoms with E-state index in [1.54, 1.807) is 4.90 Å². The van der Waals surface area contributed by atoms with Gasteiger partial charge in [-0.25, -0.2) is 0 Å². The van der Waals surface area contributed by atoms with Gasteiger partial charge in [0.15, 0.2) is 0 Å². The number of para-hydroxylation sites is 1. The van der Waals surface area contributed by atoms with Crippen molar-refractivity contribution in [2.24, 2.45) is 5.73 Å². The molecule has 0 aromatic heterocycles. The van der Waals surface area contributed by atoms with Crippen molar-refractivity contribution in [1.82, 2.24) is 0 Å². The Bertz CT molecular complexity index is 425. The second-order valence-electron chi connectivity index (χ2n) is 4.48. The summed E-state index contributed by atoms with van der Waals surface area (Å²) >= 11 is 0.